The van der Waals surface area contributed by atoms with Crippen LogP contribution in [0.2, 0.25) is 0 Å². The van der Waals surface area contributed by atoms with E-state index in [1.54, 1.807) is 12.5 Å². The van der Waals surface area contributed by atoms with Crippen molar-refractivity contribution in [2.75, 3.05) is 30.0 Å². The van der Waals surface area contributed by atoms with E-state index in [4.69, 9.17) is 0 Å². The number of rotatable bonds is 5. The lowest BCUT2D eigenvalue weighted by atomic mass is 10.0. The van der Waals surface area contributed by atoms with Gasteiger partial charge in [0.2, 0.25) is 0 Å². The van der Waals surface area contributed by atoms with Gasteiger partial charge in [0, 0.05) is 32.1 Å². The molecule has 1 fully saturated rings. The molecule has 1 saturated heterocycles. The number of hydrogen-bond donors (Lipinski definition) is 2. The number of aliphatic hydroxyl groups excluding tert-OH is 1. The molecule has 0 aliphatic carbocycles. The first kappa shape index (κ1) is 14.8. The van der Waals surface area contributed by atoms with Gasteiger partial charge in [-0.2, -0.15) is 0 Å². The van der Waals surface area contributed by atoms with E-state index in [0.717, 1.165) is 43.3 Å². The Bertz CT molecular complexity index is 587. The van der Waals surface area contributed by atoms with E-state index in [0.29, 0.717) is 6.54 Å². The van der Waals surface area contributed by atoms with Crippen LogP contribution in [0.15, 0.2) is 24.8 Å². The largest absolute Gasteiger partial charge is 0.394 e. The van der Waals surface area contributed by atoms with Crippen molar-refractivity contribution in [2.24, 2.45) is 0 Å². The molecule has 2 aromatic heterocycles. The van der Waals surface area contributed by atoms with Crippen LogP contribution in [0, 0.1) is 0 Å². The summed E-state index contributed by atoms with van der Waals surface area (Å²) in [5.41, 5.74) is 0. The third-order valence-electron chi connectivity index (χ3n) is 4.10. The van der Waals surface area contributed by atoms with Crippen molar-refractivity contribution in [3.05, 3.63) is 30.6 Å². The molecule has 1 aliphatic rings. The summed E-state index contributed by atoms with van der Waals surface area (Å²) in [5.74, 6) is 2.63. The number of nitrogens with one attached hydrogen (secondary N) is 1. The van der Waals surface area contributed by atoms with E-state index in [-0.39, 0.29) is 12.6 Å². The maximum atomic E-state index is 9.56. The lowest BCUT2D eigenvalue weighted by Crippen LogP contribution is -2.42. The van der Waals surface area contributed by atoms with Crippen LogP contribution in [0.3, 0.4) is 0 Å². The Morgan fingerprint density at radius 3 is 3.05 bits per heavy atom. The molecule has 118 valence electrons. The fraction of sp³-hybridized carbons (Fsp3) is 0.533. The average molecular weight is 302 g/mol. The zero-order valence-corrected chi connectivity index (χ0v) is 12.8. The predicted octanol–water partition coefficient (Wildman–Crippen LogP) is 1.19. The smallest absolute Gasteiger partial charge is 0.134 e. The van der Waals surface area contributed by atoms with Crippen LogP contribution < -0.4 is 9.80 Å². The van der Waals surface area contributed by atoms with Gasteiger partial charge >= 0.3 is 0 Å². The Morgan fingerprint density at radius 2 is 2.27 bits per heavy atom. The Morgan fingerprint density at radius 1 is 1.36 bits per heavy atom. The molecule has 0 amide bonds. The summed E-state index contributed by atoms with van der Waals surface area (Å²) in [4.78, 5) is 20.3. The second-order valence-corrected chi connectivity index (χ2v) is 5.65. The minimum Gasteiger partial charge on any atom is -0.394 e. The maximum absolute atomic E-state index is 9.56. The molecule has 3 heterocycles. The van der Waals surface area contributed by atoms with E-state index in [1.807, 2.05) is 24.2 Å². The van der Waals surface area contributed by atoms with Crippen molar-refractivity contribution < 1.29 is 5.11 Å². The zero-order chi connectivity index (χ0) is 15.4. The highest BCUT2D eigenvalue weighted by molar-refractivity contribution is 5.50. The first-order chi connectivity index (χ1) is 10.8. The van der Waals surface area contributed by atoms with E-state index in [2.05, 4.69) is 24.8 Å². The quantitative estimate of drug-likeness (QED) is 0.863. The number of hydrogen-bond acceptors (Lipinski definition) is 6. The average Bonchev–Trinajstić information content (AvgIpc) is 3.08. The van der Waals surface area contributed by atoms with Crippen LogP contribution in [0.25, 0.3) is 0 Å². The Balaban J connectivity index is 1.76. The Hall–Kier alpha value is -2.15. The van der Waals surface area contributed by atoms with Crippen LogP contribution in [0.5, 0.6) is 0 Å². The molecule has 0 radical (unpaired) electrons. The fourth-order valence-corrected chi connectivity index (χ4v) is 2.89. The minimum atomic E-state index is 0.159. The molecule has 1 aliphatic heterocycles. The molecular weight excluding hydrogens is 280 g/mol. The topological polar surface area (TPSA) is 81.2 Å². The van der Waals surface area contributed by atoms with E-state index < -0.39 is 0 Å². The van der Waals surface area contributed by atoms with Crippen molar-refractivity contribution >= 4 is 11.6 Å². The highest BCUT2D eigenvalue weighted by atomic mass is 16.3. The molecule has 0 bridgehead atoms. The summed E-state index contributed by atoms with van der Waals surface area (Å²) < 4.78 is 0. The van der Waals surface area contributed by atoms with Gasteiger partial charge in [0.1, 0.15) is 23.8 Å². The molecule has 22 heavy (non-hydrogen) atoms. The molecule has 0 spiro atoms. The summed E-state index contributed by atoms with van der Waals surface area (Å²) in [6, 6.07) is 2.14. The molecule has 0 aromatic carbocycles. The van der Waals surface area contributed by atoms with Crippen molar-refractivity contribution in [1.29, 1.82) is 0 Å². The van der Waals surface area contributed by atoms with Crippen LogP contribution in [-0.4, -0.2) is 51.3 Å². The third kappa shape index (κ3) is 3.19. The van der Waals surface area contributed by atoms with Crippen LogP contribution in [0.4, 0.5) is 11.6 Å². The monoisotopic (exact) mass is 302 g/mol. The van der Waals surface area contributed by atoms with Crippen molar-refractivity contribution in [1.82, 2.24) is 19.9 Å². The minimum absolute atomic E-state index is 0.159. The predicted molar refractivity (Wildman–Crippen MR) is 84.8 cm³/mol. The number of nitrogens with zero attached hydrogens (tertiary/aromatic N) is 5. The molecule has 3 rings (SSSR count). The van der Waals surface area contributed by atoms with Crippen LogP contribution >= 0.6 is 0 Å². The lowest BCUT2D eigenvalue weighted by molar-refractivity contribution is 0.239. The number of aromatic nitrogens is 4. The summed E-state index contributed by atoms with van der Waals surface area (Å²) in [6.07, 6.45) is 8.46. The normalized spacial score (nSPS) is 18.5. The van der Waals surface area contributed by atoms with Gasteiger partial charge in [-0.25, -0.2) is 15.0 Å². The Kier molecular flexibility index (Phi) is 4.53. The first-order valence-electron chi connectivity index (χ1n) is 7.67. The SMILES string of the molecule is CN(Cc1ncc[nH]1)c1cc(N2CCCCC2CO)ncn1. The van der Waals surface area contributed by atoms with E-state index >= 15 is 0 Å². The molecule has 1 atom stereocenters. The zero-order valence-electron chi connectivity index (χ0n) is 12.8. The lowest BCUT2D eigenvalue weighted by Gasteiger charge is -2.35. The molecule has 0 saturated carbocycles. The second-order valence-electron chi connectivity index (χ2n) is 5.65. The number of aliphatic hydroxyl groups is 1. The summed E-state index contributed by atoms with van der Waals surface area (Å²) >= 11 is 0. The van der Waals surface area contributed by atoms with Crippen molar-refractivity contribution in [3.63, 3.8) is 0 Å². The fourth-order valence-electron chi connectivity index (χ4n) is 2.89. The first-order valence-corrected chi connectivity index (χ1v) is 7.67. The number of imidazole rings is 1. The van der Waals surface area contributed by atoms with Crippen molar-refractivity contribution in [3.8, 4) is 0 Å². The van der Waals surface area contributed by atoms with Gasteiger partial charge in [0.25, 0.3) is 0 Å². The highest BCUT2D eigenvalue weighted by Gasteiger charge is 2.23. The van der Waals surface area contributed by atoms with Gasteiger partial charge in [0.05, 0.1) is 19.2 Å². The summed E-state index contributed by atoms with van der Waals surface area (Å²) in [7, 11) is 1.98. The van der Waals surface area contributed by atoms with Crippen molar-refractivity contribution in [2.45, 2.75) is 31.8 Å². The van der Waals surface area contributed by atoms with Gasteiger partial charge in [-0.1, -0.05) is 0 Å². The third-order valence-corrected chi connectivity index (χ3v) is 4.10. The number of aromatic amines is 1. The Labute approximate surface area is 130 Å². The molecular formula is C15H22N6O. The van der Waals surface area contributed by atoms with E-state index in [9.17, 15) is 5.11 Å². The second kappa shape index (κ2) is 6.74. The summed E-state index contributed by atoms with van der Waals surface area (Å²) in [6.45, 7) is 1.76. The number of anilines is 2. The van der Waals surface area contributed by atoms with E-state index in [1.165, 1.54) is 0 Å². The number of piperidine rings is 1. The molecule has 1 unspecified atom stereocenters. The van der Waals surface area contributed by atoms with Gasteiger partial charge in [0.15, 0.2) is 0 Å². The van der Waals surface area contributed by atoms with Crippen LogP contribution in [-0.2, 0) is 6.54 Å². The molecule has 7 nitrogen and oxygen atoms in total. The van der Waals surface area contributed by atoms with Gasteiger partial charge < -0.3 is 19.9 Å². The van der Waals surface area contributed by atoms with Gasteiger partial charge in [-0.3, -0.25) is 0 Å². The molecule has 7 heteroatoms. The molecule has 2 aromatic rings. The maximum Gasteiger partial charge on any atom is 0.134 e. The van der Waals surface area contributed by atoms with Crippen LogP contribution in [0.1, 0.15) is 25.1 Å². The summed E-state index contributed by atoms with van der Waals surface area (Å²) in [5, 5.41) is 9.56. The van der Waals surface area contributed by atoms with Gasteiger partial charge in [-0.05, 0) is 19.3 Å². The standard InChI is InChI=1S/C15H22N6O/c1-20(9-13-16-5-6-17-13)14-8-15(19-11-18-14)21-7-3-2-4-12(21)10-22/h5-6,8,11-12,22H,2-4,7,9-10H2,1H3,(H,16,17). The molecule has 2 N–H and O–H groups in total. The van der Waals surface area contributed by atoms with Gasteiger partial charge in [-0.15, -0.1) is 0 Å². The number of H-pyrrole nitrogens is 1. The highest BCUT2D eigenvalue weighted by Crippen LogP contribution is 2.25.